The minimum atomic E-state index is -1.47. The van der Waals surface area contributed by atoms with Crippen molar-refractivity contribution in [2.45, 2.75) is 43.9 Å². The number of nitrogens with zero attached hydrogens (tertiary/aromatic N) is 4. The van der Waals surface area contributed by atoms with Gasteiger partial charge in [-0.15, -0.1) is 5.10 Å². The molecule has 0 bridgehead atoms. The zero-order valence-corrected chi connectivity index (χ0v) is 17.2. The molecule has 2 aliphatic heterocycles. The maximum Gasteiger partial charge on any atom is 0.292 e. The number of ether oxygens (including phenoxy) is 2. The van der Waals surface area contributed by atoms with Crippen LogP contribution in [-0.4, -0.2) is 40.7 Å². The summed E-state index contributed by atoms with van der Waals surface area (Å²) >= 11 is 0. The first-order valence-corrected chi connectivity index (χ1v) is 10.8. The highest BCUT2D eigenvalue weighted by Crippen LogP contribution is 2.46. The molecule has 162 valence electrons. The van der Waals surface area contributed by atoms with E-state index in [-0.39, 0.29) is 11.8 Å². The smallest absolute Gasteiger partial charge is 0.292 e. The zero-order valence-electron chi connectivity index (χ0n) is 17.2. The van der Waals surface area contributed by atoms with Crippen LogP contribution in [0, 0.1) is 5.82 Å². The van der Waals surface area contributed by atoms with Crippen LogP contribution in [0.2, 0.25) is 0 Å². The Morgan fingerprint density at radius 2 is 1.81 bits per heavy atom. The quantitative estimate of drug-likeness (QED) is 0.608. The van der Waals surface area contributed by atoms with Crippen molar-refractivity contribution in [3.05, 3.63) is 65.8 Å². The van der Waals surface area contributed by atoms with E-state index in [9.17, 15) is 9.18 Å². The van der Waals surface area contributed by atoms with Gasteiger partial charge in [-0.1, -0.05) is 42.4 Å². The summed E-state index contributed by atoms with van der Waals surface area (Å²) in [5.41, 5.74) is 2.13. The van der Waals surface area contributed by atoms with Crippen LogP contribution in [-0.2, 0) is 26.6 Å². The summed E-state index contributed by atoms with van der Waals surface area (Å²) < 4.78 is 27.0. The minimum Gasteiger partial charge on any atom is -0.336 e. The summed E-state index contributed by atoms with van der Waals surface area (Å²) in [5, 5.41) is 8.46. The molecule has 1 spiro atoms. The number of rotatable bonds is 8. The van der Waals surface area contributed by atoms with Crippen LogP contribution >= 0.6 is 0 Å². The fraction of sp³-hybridized carbons (Fsp3) is 0.435. The van der Waals surface area contributed by atoms with Crippen molar-refractivity contribution in [2.75, 3.05) is 24.7 Å². The van der Waals surface area contributed by atoms with Crippen LogP contribution in [0.4, 0.5) is 10.1 Å². The minimum absolute atomic E-state index is 0.235. The Kier molecular flexibility index (Phi) is 5.41. The molecule has 1 aliphatic carbocycles. The molecule has 5 rings (SSSR count). The molecule has 0 atom stereocenters. The Bertz CT molecular complexity index is 1010. The molecule has 7 nitrogen and oxygen atoms in total. The number of benzene rings is 1. The van der Waals surface area contributed by atoms with Gasteiger partial charge in [0.15, 0.2) is 0 Å². The largest absolute Gasteiger partial charge is 0.336 e. The van der Waals surface area contributed by atoms with Gasteiger partial charge in [0.05, 0.1) is 24.6 Å². The number of unbranched alkanes of at least 4 members (excludes halogenated alkanes) is 3. The van der Waals surface area contributed by atoms with Gasteiger partial charge in [0.2, 0.25) is 0 Å². The zero-order chi connectivity index (χ0) is 21.3. The van der Waals surface area contributed by atoms with Gasteiger partial charge < -0.3 is 14.4 Å². The molecule has 2 aromatic rings. The lowest BCUT2D eigenvalue weighted by Gasteiger charge is -2.22. The summed E-state index contributed by atoms with van der Waals surface area (Å²) in [7, 11) is 0. The number of amides is 1. The molecule has 1 saturated heterocycles. The Labute approximate surface area is 180 Å². The van der Waals surface area contributed by atoms with Crippen LogP contribution in [0.3, 0.4) is 0 Å². The SMILES string of the molecule is O=C1N(CCCCCCn2cc(C3C=CC=C3)nn2)c2ccc(F)cc2C12OCCO2. The first-order valence-electron chi connectivity index (χ1n) is 10.8. The molecule has 1 aromatic heterocycles. The highest BCUT2D eigenvalue weighted by atomic mass is 19.1. The lowest BCUT2D eigenvalue weighted by Crippen LogP contribution is -2.41. The third kappa shape index (κ3) is 3.70. The lowest BCUT2D eigenvalue weighted by atomic mass is 10.1. The van der Waals surface area contributed by atoms with Crippen LogP contribution in [0.15, 0.2) is 48.7 Å². The number of allylic oxidation sites excluding steroid dienone is 4. The molecule has 31 heavy (non-hydrogen) atoms. The lowest BCUT2D eigenvalue weighted by molar-refractivity contribution is -0.180. The number of halogens is 1. The average molecular weight is 424 g/mol. The van der Waals surface area contributed by atoms with Crippen molar-refractivity contribution >= 4 is 11.6 Å². The van der Waals surface area contributed by atoms with E-state index in [1.54, 1.807) is 11.0 Å². The maximum absolute atomic E-state index is 13.8. The summed E-state index contributed by atoms with van der Waals surface area (Å²) in [4.78, 5) is 14.7. The van der Waals surface area contributed by atoms with Crippen molar-refractivity contribution in [3.8, 4) is 0 Å². The molecule has 3 aliphatic rings. The van der Waals surface area contributed by atoms with Crippen LogP contribution in [0.5, 0.6) is 0 Å². The van der Waals surface area contributed by atoms with Gasteiger partial charge in [0.25, 0.3) is 11.7 Å². The number of hydrogen-bond acceptors (Lipinski definition) is 5. The van der Waals surface area contributed by atoms with Crippen molar-refractivity contribution in [1.82, 2.24) is 15.0 Å². The number of anilines is 1. The number of carbonyl (C=O) groups excluding carboxylic acids is 1. The Balaban J connectivity index is 1.11. The van der Waals surface area contributed by atoms with Gasteiger partial charge in [-0.3, -0.25) is 9.48 Å². The summed E-state index contributed by atoms with van der Waals surface area (Å²) in [6, 6.07) is 4.36. The molecular formula is C23H25FN4O3. The second-order valence-electron chi connectivity index (χ2n) is 8.05. The third-order valence-electron chi connectivity index (χ3n) is 5.99. The molecule has 1 aromatic carbocycles. The molecule has 0 radical (unpaired) electrons. The summed E-state index contributed by atoms with van der Waals surface area (Å²) in [5.74, 6) is -1.88. The Morgan fingerprint density at radius 3 is 2.58 bits per heavy atom. The standard InChI is InChI=1S/C23H25FN4O3/c24-18-9-10-21-19(15-18)23(30-13-14-31-23)22(29)28(21)12-6-2-1-5-11-27-16-20(25-26-27)17-7-3-4-8-17/h3-4,7-10,15-17H,1-2,5-6,11-14H2. The normalized spacial score (nSPS) is 19.3. The van der Waals surface area contributed by atoms with Crippen LogP contribution in [0.25, 0.3) is 0 Å². The van der Waals surface area contributed by atoms with Gasteiger partial charge in [-0.05, 0) is 31.0 Å². The van der Waals surface area contributed by atoms with Crippen LogP contribution in [0.1, 0.15) is 42.9 Å². The maximum atomic E-state index is 13.8. The van der Waals surface area contributed by atoms with Gasteiger partial charge in [0, 0.05) is 30.8 Å². The number of aromatic nitrogens is 3. The topological polar surface area (TPSA) is 69.5 Å². The van der Waals surface area contributed by atoms with E-state index in [1.165, 1.54) is 12.1 Å². The molecule has 0 N–H and O–H groups in total. The number of carbonyl (C=O) groups is 1. The van der Waals surface area contributed by atoms with Crippen molar-refractivity contribution in [2.24, 2.45) is 0 Å². The summed E-state index contributed by atoms with van der Waals surface area (Å²) in [6.45, 7) is 2.03. The molecule has 8 heteroatoms. The third-order valence-corrected chi connectivity index (χ3v) is 5.99. The fourth-order valence-electron chi connectivity index (χ4n) is 4.42. The molecule has 1 amide bonds. The second-order valence-corrected chi connectivity index (χ2v) is 8.05. The Morgan fingerprint density at radius 1 is 1.06 bits per heavy atom. The molecule has 0 saturated carbocycles. The Hall–Kier alpha value is -2.84. The van der Waals surface area contributed by atoms with Crippen LogP contribution < -0.4 is 4.90 Å². The van der Waals surface area contributed by atoms with E-state index in [2.05, 4.69) is 22.5 Å². The number of aryl methyl sites for hydroxylation is 1. The fourth-order valence-corrected chi connectivity index (χ4v) is 4.42. The van der Waals surface area contributed by atoms with Crippen molar-refractivity contribution in [3.63, 3.8) is 0 Å². The summed E-state index contributed by atoms with van der Waals surface area (Å²) in [6.07, 6.45) is 14.1. The highest BCUT2D eigenvalue weighted by molar-refractivity contribution is 6.06. The van der Waals surface area contributed by atoms with E-state index in [0.29, 0.717) is 31.0 Å². The molecule has 1 fully saturated rings. The molecular weight excluding hydrogens is 399 g/mol. The second kappa shape index (κ2) is 8.36. The molecule has 3 heterocycles. The van der Waals surface area contributed by atoms with Gasteiger partial charge in [0.1, 0.15) is 5.82 Å². The van der Waals surface area contributed by atoms with Crippen molar-refractivity contribution in [1.29, 1.82) is 0 Å². The van der Waals surface area contributed by atoms with Crippen molar-refractivity contribution < 1.29 is 18.7 Å². The van der Waals surface area contributed by atoms with E-state index < -0.39 is 11.6 Å². The highest BCUT2D eigenvalue weighted by Gasteiger charge is 2.56. The van der Waals surface area contributed by atoms with E-state index in [0.717, 1.165) is 37.9 Å². The van der Waals surface area contributed by atoms with E-state index >= 15 is 0 Å². The van der Waals surface area contributed by atoms with Gasteiger partial charge in [-0.2, -0.15) is 0 Å². The first kappa shape index (κ1) is 20.1. The van der Waals surface area contributed by atoms with Gasteiger partial charge >= 0.3 is 0 Å². The van der Waals surface area contributed by atoms with E-state index in [1.807, 2.05) is 23.0 Å². The average Bonchev–Trinajstić information content (AvgIpc) is 3.56. The van der Waals surface area contributed by atoms with Gasteiger partial charge in [-0.25, -0.2) is 4.39 Å². The monoisotopic (exact) mass is 424 g/mol. The molecule has 0 unspecified atom stereocenters. The predicted octanol–water partition coefficient (Wildman–Crippen LogP) is 3.43. The number of hydrogen-bond donors (Lipinski definition) is 0. The first-order chi connectivity index (χ1) is 15.2. The van der Waals surface area contributed by atoms with E-state index in [4.69, 9.17) is 9.47 Å². The number of fused-ring (bicyclic) bond motifs is 2. The predicted molar refractivity (Wildman–Crippen MR) is 112 cm³/mol.